The lowest BCUT2D eigenvalue weighted by Gasteiger charge is -2.43. The van der Waals surface area contributed by atoms with E-state index in [9.17, 15) is 4.21 Å². The fraction of sp³-hybridized carbons (Fsp3) is 0.800. The van der Waals surface area contributed by atoms with Crippen LogP contribution in [-0.4, -0.2) is 51.4 Å². The summed E-state index contributed by atoms with van der Waals surface area (Å²) in [7, 11) is -1.01. The number of nitrogens with one attached hydrogen (secondary N) is 1. The first-order valence-corrected chi connectivity index (χ1v) is 11.5. The van der Waals surface area contributed by atoms with E-state index >= 15 is 0 Å². The Morgan fingerprint density at radius 2 is 2.00 bits per heavy atom. The zero-order valence-corrected chi connectivity index (χ0v) is 17.5. The molecule has 1 N–H and O–H groups in total. The van der Waals surface area contributed by atoms with Gasteiger partial charge in [0.1, 0.15) is 16.5 Å². The molecule has 2 aliphatic carbocycles. The van der Waals surface area contributed by atoms with Crippen LogP contribution in [0.3, 0.4) is 0 Å². The summed E-state index contributed by atoms with van der Waals surface area (Å²) in [5.74, 6) is 2.23. The summed E-state index contributed by atoms with van der Waals surface area (Å²) in [5, 5.41) is 3.64. The number of hydrogen-bond acceptors (Lipinski definition) is 6. The molecule has 6 nitrogen and oxygen atoms in total. The molecule has 0 radical (unpaired) electrons. The molecule has 150 valence electrons. The van der Waals surface area contributed by atoms with Crippen molar-refractivity contribution in [1.82, 2.24) is 9.97 Å². The monoisotopic (exact) mass is 393 g/mol. The standard InChI is InChI=1S/C20H31N3O3S/c1-19(2,3)18-21-15-7-12-27(24)16(15)17(22-18)23-20(8-4-9-20)13-25-10-11-26-14-5-6-14/h14H,4-13H2,1-3H3,(H,21,22,23). The van der Waals surface area contributed by atoms with Crippen LogP contribution < -0.4 is 5.32 Å². The summed E-state index contributed by atoms with van der Waals surface area (Å²) < 4.78 is 24.1. The average molecular weight is 394 g/mol. The van der Waals surface area contributed by atoms with Gasteiger partial charge in [-0.3, -0.25) is 4.21 Å². The Balaban J connectivity index is 1.47. The summed E-state index contributed by atoms with van der Waals surface area (Å²) in [6.45, 7) is 8.28. The zero-order chi connectivity index (χ0) is 19.1. The normalized spacial score (nSPS) is 23.7. The Labute approximate surface area is 164 Å². The predicted octanol–water partition coefficient (Wildman–Crippen LogP) is 2.97. The highest BCUT2D eigenvalue weighted by atomic mass is 32.2. The fourth-order valence-corrected chi connectivity index (χ4v) is 4.86. The van der Waals surface area contributed by atoms with Gasteiger partial charge in [-0.1, -0.05) is 20.8 Å². The van der Waals surface area contributed by atoms with Gasteiger partial charge in [0.25, 0.3) is 0 Å². The Morgan fingerprint density at radius 1 is 1.22 bits per heavy atom. The van der Waals surface area contributed by atoms with Gasteiger partial charge in [-0.05, 0) is 32.1 Å². The van der Waals surface area contributed by atoms with Gasteiger partial charge in [0.05, 0.1) is 48.0 Å². The Kier molecular flexibility index (Phi) is 5.29. The third kappa shape index (κ3) is 4.35. The maximum absolute atomic E-state index is 12.6. The molecule has 1 atom stereocenters. The Hall–Kier alpha value is -1.05. The second-order valence-electron chi connectivity index (χ2n) is 9.10. The highest BCUT2D eigenvalue weighted by Crippen LogP contribution is 2.39. The molecule has 0 spiro atoms. The lowest BCUT2D eigenvalue weighted by Crippen LogP contribution is -2.49. The number of fused-ring (bicyclic) bond motifs is 1. The molecule has 1 aliphatic heterocycles. The zero-order valence-electron chi connectivity index (χ0n) is 16.7. The molecule has 1 aromatic rings. The predicted molar refractivity (Wildman–Crippen MR) is 106 cm³/mol. The molecule has 0 aromatic carbocycles. The van der Waals surface area contributed by atoms with Crippen molar-refractivity contribution in [3.05, 3.63) is 11.5 Å². The molecule has 0 bridgehead atoms. The van der Waals surface area contributed by atoms with E-state index in [-0.39, 0.29) is 11.0 Å². The van der Waals surface area contributed by atoms with Crippen LogP contribution in [0.2, 0.25) is 0 Å². The van der Waals surface area contributed by atoms with Gasteiger partial charge in [-0.15, -0.1) is 0 Å². The van der Waals surface area contributed by atoms with Gasteiger partial charge >= 0.3 is 0 Å². The van der Waals surface area contributed by atoms with E-state index in [2.05, 4.69) is 26.1 Å². The van der Waals surface area contributed by atoms with Gasteiger partial charge in [0.2, 0.25) is 0 Å². The number of ether oxygens (including phenoxy) is 2. The van der Waals surface area contributed by atoms with Gasteiger partial charge in [0, 0.05) is 17.6 Å². The van der Waals surface area contributed by atoms with Crippen LogP contribution >= 0.6 is 0 Å². The Bertz CT molecular complexity index is 724. The van der Waals surface area contributed by atoms with Crippen molar-refractivity contribution in [2.45, 2.75) is 81.2 Å². The molecule has 27 heavy (non-hydrogen) atoms. The van der Waals surface area contributed by atoms with Gasteiger partial charge < -0.3 is 14.8 Å². The van der Waals surface area contributed by atoms with Crippen LogP contribution in [0.25, 0.3) is 0 Å². The summed E-state index contributed by atoms with van der Waals surface area (Å²) in [6, 6.07) is 0. The van der Waals surface area contributed by atoms with E-state index in [0.29, 0.717) is 31.7 Å². The van der Waals surface area contributed by atoms with E-state index in [4.69, 9.17) is 19.4 Å². The lowest BCUT2D eigenvalue weighted by molar-refractivity contribution is 0.0109. The first-order chi connectivity index (χ1) is 12.9. The van der Waals surface area contributed by atoms with Crippen LogP contribution in [0.1, 0.15) is 64.4 Å². The third-order valence-electron chi connectivity index (χ3n) is 5.54. The van der Waals surface area contributed by atoms with Crippen molar-refractivity contribution < 1.29 is 13.7 Å². The summed E-state index contributed by atoms with van der Waals surface area (Å²) >= 11 is 0. The molecule has 2 saturated carbocycles. The van der Waals surface area contributed by atoms with E-state index in [1.54, 1.807) is 0 Å². The van der Waals surface area contributed by atoms with Gasteiger partial charge in [-0.25, -0.2) is 9.97 Å². The van der Waals surface area contributed by atoms with E-state index in [1.165, 1.54) is 19.3 Å². The molecule has 1 unspecified atom stereocenters. The summed E-state index contributed by atoms with van der Waals surface area (Å²) in [6.07, 6.45) is 6.90. The Morgan fingerprint density at radius 3 is 2.63 bits per heavy atom. The van der Waals surface area contributed by atoms with Gasteiger partial charge in [-0.2, -0.15) is 0 Å². The number of anilines is 1. The van der Waals surface area contributed by atoms with Crippen molar-refractivity contribution in [2.75, 3.05) is 30.9 Å². The van der Waals surface area contributed by atoms with Crippen molar-refractivity contribution in [1.29, 1.82) is 0 Å². The van der Waals surface area contributed by atoms with Crippen molar-refractivity contribution in [3.63, 3.8) is 0 Å². The molecule has 2 heterocycles. The van der Waals surface area contributed by atoms with E-state index in [0.717, 1.165) is 41.5 Å². The maximum Gasteiger partial charge on any atom is 0.146 e. The first kappa shape index (κ1) is 19.3. The number of nitrogens with zero attached hydrogens (tertiary/aromatic N) is 2. The van der Waals surface area contributed by atoms with Gasteiger partial charge in [0.15, 0.2) is 0 Å². The third-order valence-corrected chi connectivity index (χ3v) is 7.00. The van der Waals surface area contributed by atoms with Crippen LogP contribution in [-0.2, 0) is 32.1 Å². The number of rotatable bonds is 8. The molecule has 0 saturated heterocycles. The van der Waals surface area contributed by atoms with Crippen molar-refractivity contribution >= 4 is 16.6 Å². The summed E-state index contributed by atoms with van der Waals surface area (Å²) in [5.41, 5.74) is 0.701. The van der Waals surface area contributed by atoms with Crippen LogP contribution in [0, 0.1) is 0 Å². The molecule has 0 amide bonds. The molecule has 1 aromatic heterocycles. The minimum Gasteiger partial charge on any atom is -0.377 e. The molecule has 3 aliphatic rings. The maximum atomic E-state index is 12.6. The van der Waals surface area contributed by atoms with Crippen LogP contribution in [0.15, 0.2) is 4.90 Å². The second kappa shape index (κ2) is 7.41. The quantitative estimate of drug-likeness (QED) is 0.685. The fourth-order valence-electron chi connectivity index (χ4n) is 3.55. The number of hydrogen-bond donors (Lipinski definition) is 1. The van der Waals surface area contributed by atoms with E-state index in [1.807, 2.05) is 0 Å². The topological polar surface area (TPSA) is 73.3 Å². The average Bonchev–Trinajstić information content (AvgIpc) is 3.32. The largest absolute Gasteiger partial charge is 0.377 e. The first-order valence-electron chi connectivity index (χ1n) is 10.1. The molecule has 7 heteroatoms. The number of aryl methyl sites for hydroxylation is 1. The highest BCUT2D eigenvalue weighted by Gasteiger charge is 2.40. The highest BCUT2D eigenvalue weighted by molar-refractivity contribution is 7.85. The minimum atomic E-state index is -1.01. The SMILES string of the molecule is CC(C)(C)c1nc2c(c(NC3(COCCOC4CC4)CCC3)n1)S(=O)CC2. The minimum absolute atomic E-state index is 0.107. The van der Waals surface area contributed by atoms with Crippen molar-refractivity contribution in [2.24, 2.45) is 0 Å². The second-order valence-corrected chi connectivity index (χ2v) is 10.6. The smallest absolute Gasteiger partial charge is 0.146 e. The van der Waals surface area contributed by atoms with Crippen molar-refractivity contribution in [3.8, 4) is 0 Å². The van der Waals surface area contributed by atoms with Crippen LogP contribution in [0.5, 0.6) is 0 Å². The molecule has 2 fully saturated rings. The van der Waals surface area contributed by atoms with Crippen LogP contribution in [0.4, 0.5) is 5.82 Å². The lowest BCUT2D eigenvalue weighted by atomic mass is 9.77. The van der Waals surface area contributed by atoms with E-state index < -0.39 is 10.8 Å². The number of aromatic nitrogens is 2. The molecular formula is C20H31N3O3S. The molecular weight excluding hydrogens is 362 g/mol. The molecule has 4 rings (SSSR count). The summed E-state index contributed by atoms with van der Waals surface area (Å²) in [4.78, 5) is 10.4.